The number of primary amides is 1. The van der Waals surface area contributed by atoms with E-state index in [-0.39, 0.29) is 24.2 Å². The van der Waals surface area contributed by atoms with Gasteiger partial charge in [0.2, 0.25) is 0 Å². The Labute approximate surface area is 187 Å². The third kappa shape index (κ3) is 5.73. The zero-order valence-corrected chi connectivity index (χ0v) is 18.4. The average Bonchev–Trinajstić information content (AvgIpc) is 2.73. The van der Waals surface area contributed by atoms with E-state index < -0.39 is 6.03 Å². The van der Waals surface area contributed by atoms with E-state index in [1.165, 1.54) is 6.07 Å². The molecule has 0 aliphatic carbocycles. The molecule has 0 bridgehead atoms. The topological polar surface area (TPSA) is 102 Å². The highest BCUT2D eigenvalue weighted by Gasteiger charge is 2.28. The maximum Gasteiger partial charge on any atom is 0.316 e. The lowest BCUT2D eigenvalue weighted by Gasteiger charge is -2.31. The first kappa shape index (κ1) is 22.1. The number of rotatable bonds is 6. The van der Waals surface area contributed by atoms with Gasteiger partial charge in [0.25, 0.3) is 5.91 Å². The van der Waals surface area contributed by atoms with E-state index in [4.69, 9.17) is 22.1 Å². The van der Waals surface area contributed by atoms with E-state index >= 15 is 0 Å². The van der Waals surface area contributed by atoms with Gasteiger partial charge < -0.3 is 20.7 Å². The summed E-state index contributed by atoms with van der Waals surface area (Å²) in [6.07, 6.45) is 1.21. The molecule has 30 heavy (non-hydrogen) atoms. The number of nitrogens with two attached hydrogens (primary N) is 1. The van der Waals surface area contributed by atoms with Crippen molar-refractivity contribution in [2.45, 2.75) is 12.8 Å². The standard InChI is InChI=1S/C21H21BrClN3O4/c22-15-3-1-13(2-4-15)20(28)14-7-9-26(10-8-14)19(27)12-30-18-6-5-16(23)11-17(18)25-21(24)29/h1-6,11,14H,7-10,12H2,(H3,24,25,29). The van der Waals surface area contributed by atoms with Gasteiger partial charge in [-0.3, -0.25) is 9.59 Å². The predicted octanol–water partition coefficient (Wildman–Crippen LogP) is 4.09. The van der Waals surface area contributed by atoms with Crippen molar-refractivity contribution in [1.29, 1.82) is 0 Å². The summed E-state index contributed by atoms with van der Waals surface area (Å²) in [5.41, 5.74) is 6.13. The van der Waals surface area contributed by atoms with Crippen LogP contribution < -0.4 is 15.8 Å². The lowest BCUT2D eigenvalue weighted by Crippen LogP contribution is -2.42. The molecule has 7 nitrogen and oxygen atoms in total. The molecule has 3 amide bonds. The number of anilines is 1. The van der Waals surface area contributed by atoms with E-state index in [0.29, 0.717) is 48.0 Å². The molecule has 0 aromatic heterocycles. The van der Waals surface area contributed by atoms with Crippen LogP contribution >= 0.6 is 27.5 Å². The Balaban J connectivity index is 1.53. The number of nitrogens with zero attached hydrogens (tertiary/aromatic N) is 1. The second kappa shape index (κ2) is 9.95. The molecular formula is C21H21BrClN3O4. The molecule has 1 heterocycles. The number of benzene rings is 2. The maximum atomic E-state index is 12.7. The summed E-state index contributed by atoms with van der Waals surface area (Å²) in [5.74, 6) is 0.115. The SMILES string of the molecule is NC(=O)Nc1cc(Cl)ccc1OCC(=O)N1CCC(C(=O)c2ccc(Br)cc2)CC1. The molecule has 0 spiro atoms. The highest BCUT2D eigenvalue weighted by Crippen LogP contribution is 2.28. The number of ether oxygens (including phenoxy) is 1. The number of nitrogens with one attached hydrogen (secondary N) is 1. The first-order valence-electron chi connectivity index (χ1n) is 9.40. The van der Waals surface area contributed by atoms with Crippen LogP contribution in [0, 0.1) is 5.92 Å². The van der Waals surface area contributed by atoms with Crippen LogP contribution in [0.2, 0.25) is 5.02 Å². The lowest BCUT2D eigenvalue weighted by atomic mass is 9.89. The van der Waals surface area contributed by atoms with Gasteiger partial charge in [0.05, 0.1) is 5.69 Å². The first-order valence-corrected chi connectivity index (χ1v) is 10.6. The van der Waals surface area contributed by atoms with Crippen LogP contribution in [-0.2, 0) is 4.79 Å². The van der Waals surface area contributed by atoms with Gasteiger partial charge in [0.15, 0.2) is 12.4 Å². The number of likely N-dealkylation sites (tertiary alicyclic amines) is 1. The van der Waals surface area contributed by atoms with Gasteiger partial charge in [-0.25, -0.2) is 4.79 Å². The molecule has 3 N–H and O–H groups in total. The molecule has 158 valence electrons. The summed E-state index contributed by atoms with van der Waals surface area (Å²) >= 11 is 9.29. The fourth-order valence-corrected chi connectivity index (χ4v) is 3.77. The van der Waals surface area contributed by atoms with Gasteiger partial charge in [0, 0.05) is 34.1 Å². The average molecular weight is 495 g/mol. The van der Waals surface area contributed by atoms with Crippen molar-refractivity contribution in [1.82, 2.24) is 4.90 Å². The molecule has 1 aliphatic heterocycles. The van der Waals surface area contributed by atoms with Crippen LogP contribution in [0.3, 0.4) is 0 Å². The van der Waals surface area contributed by atoms with Crippen molar-refractivity contribution in [3.8, 4) is 5.75 Å². The quantitative estimate of drug-likeness (QED) is 0.590. The van der Waals surface area contributed by atoms with Crippen molar-refractivity contribution in [2.24, 2.45) is 11.7 Å². The van der Waals surface area contributed by atoms with Gasteiger partial charge in [-0.15, -0.1) is 0 Å². The minimum atomic E-state index is -0.758. The smallest absolute Gasteiger partial charge is 0.316 e. The van der Waals surface area contributed by atoms with Crippen LogP contribution in [-0.4, -0.2) is 42.3 Å². The molecule has 2 aromatic rings. The molecule has 3 rings (SSSR count). The van der Waals surface area contributed by atoms with E-state index in [2.05, 4.69) is 21.2 Å². The van der Waals surface area contributed by atoms with Gasteiger partial charge in [-0.1, -0.05) is 39.7 Å². The molecule has 1 saturated heterocycles. The van der Waals surface area contributed by atoms with Crippen LogP contribution in [0.4, 0.5) is 10.5 Å². The Morgan fingerprint density at radius 2 is 1.80 bits per heavy atom. The number of halogens is 2. The number of ketones is 1. The minimum Gasteiger partial charge on any atom is -0.482 e. The fraction of sp³-hybridized carbons (Fsp3) is 0.286. The molecular weight excluding hydrogens is 474 g/mol. The number of Topliss-reactive ketones (excluding diaryl/α,β-unsaturated/α-hetero) is 1. The number of carbonyl (C=O) groups excluding carboxylic acids is 3. The zero-order valence-electron chi connectivity index (χ0n) is 16.1. The second-order valence-corrected chi connectivity index (χ2v) is 8.30. The Kier molecular flexibility index (Phi) is 7.33. The van der Waals surface area contributed by atoms with Crippen molar-refractivity contribution in [2.75, 3.05) is 25.0 Å². The summed E-state index contributed by atoms with van der Waals surface area (Å²) < 4.78 is 6.50. The number of carbonyl (C=O) groups is 3. The Morgan fingerprint density at radius 3 is 2.43 bits per heavy atom. The van der Waals surface area contributed by atoms with E-state index in [1.807, 2.05) is 24.3 Å². The second-order valence-electron chi connectivity index (χ2n) is 6.94. The summed E-state index contributed by atoms with van der Waals surface area (Å²) in [5, 5.41) is 2.82. The summed E-state index contributed by atoms with van der Waals surface area (Å²) in [6.45, 7) is 0.782. The van der Waals surface area contributed by atoms with Gasteiger partial charge in [-0.05, 0) is 43.2 Å². The minimum absolute atomic E-state index is 0.0984. The number of piperidine rings is 1. The molecule has 1 aliphatic rings. The van der Waals surface area contributed by atoms with Crippen molar-refractivity contribution in [3.05, 3.63) is 57.5 Å². The highest BCUT2D eigenvalue weighted by atomic mass is 79.9. The predicted molar refractivity (Wildman–Crippen MR) is 118 cm³/mol. The Bertz CT molecular complexity index is 944. The molecule has 0 radical (unpaired) electrons. The van der Waals surface area contributed by atoms with Crippen LogP contribution in [0.5, 0.6) is 5.75 Å². The van der Waals surface area contributed by atoms with Gasteiger partial charge in [-0.2, -0.15) is 0 Å². The van der Waals surface area contributed by atoms with Crippen LogP contribution in [0.15, 0.2) is 46.9 Å². The highest BCUT2D eigenvalue weighted by molar-refractivity contribution is 9.10. The van der Waals surface area contributed by atoms with E-state index in [0.717, 1.165) is 4.47 Å². The van der Waals surface area contributed by atoms with Crippen LogP contribution in [0.25, 0.3) is 0 Å². The largest absolute Gasteiger partial charge is 0.482 e. The van der Waals surface area contributed by atoms with Gasteiger partial charge >= 0.3 is 6.03 Å². The molecule has 2 aromatic carbocycles. The molecule has 0 unspecified atom stereocenters. The Hall–Kier alpha value is -2.58. The van der Waals surface area contributed by atoms with E-state index in [1.54, 1.807) is 17.0 Å². The molecule has 9 heteroatoms. The number of urea groups is 1. The number of amides is 3. The fourth-order valence-electron chi connectivity index (χ4n) is 3.33. The number of hydrogen-bond donors (Lipinski definition) is 2. The van der Waals surface area contributed by atoms with Crippen molar-refractivity contribution in [3.63, 3.8) is 0 Å². The summed E-state index contributed by atoms with van der Waals surface area (Å²) in [6, 6.07) is 11.2. The maximum absolute atomic E-state index is 12.7. The zero-order chi connectivity index (χ0) is 21.7. The molecule has 1 fully saturated rings. The molecule has 0 atom stereocenters. The van der Waals surface area contributed by atoms with Crippen molar-refractivity contribution >= 4 is 50.9 Å². The van der Waals surface area contributed by atoms with Crippen molar-refractivity contribution < 1.29 is 19.1 Å². The normalized spacial score (nSPS) is 14.3. The summed E-state index contributed by atoms with van der Waals surface area (Å²) in [4.78, 5) is 38.0. The first-order chi connectivity index (χ1) is 14.3. The third-order valence-corrected chi connectivity index (χ3v) is 5.66. The van der Waals surface area contributed by atoms with Crippen LogP contribution in [0.1, 0.15) is 23.2 Å². The van der Waals surface area contributed by atoms with E-state index in [9.17, 15) is 14.4 Å². The molecule has 0 saturated carbocycles. The monoisotopic (exact) mass is 493 g/mol. The summed E-state index contributed by atoms with van der Waals surface area (Å²) in [7, 11) is 0. The third-order valence-electron chi connectivity index (χ3n) is 4.90. The number of hydrogen-bond acceptors (Lipinski definition) is 4. The van der Waals surface area contributed by atoms with Gasteiger partial charge in [0.1, 0.15) is 5.75 Å². The lowest BCUT2D eigenvalue weighted by molar-refractivity contribution is -0.134. The Morgan fingerprint density at radius 1 is 1.13 bits per heavy atom.